The van der Waals surface area contributed by atoms with Gasteiger partial charge in [-0.25, -0.2) is 0 Å². The summed E-state index contributed by atoms with van der Waals surface area (Å²) < 4.78 is 13.3. The maximum Gasteiger partial charge on any atom is 0.174 e. The topological polar surface area (TPSA) is 55.8 Å². The van der Waals surface area contributed by atoms with Gasteiger partial charge in [-0.3, -0.25) is 9.59 Å². The van der Waals surface area contributed by atoms with Crippen molar-refractivity contribution in [3.63, 3.8) is 0 Å². The molecule has 0 aromatic heterocycles. The number of hydrogen-bond acceptors (Lipinski definition) is 5. The summed E-state index contributed by atoms with van der Waals surface area (Å²) in [6.07, 6.45) is 2.55. The predicted molar refractivity (Wildman–Crippen MR) is 171 cm³/mol. The number of nitrogens with zero attached hydrogens (tertiary/aromatic N) is 1. The van der Waals surface area contributed by atoms with E-state index in [4.69, 9.17) is 21.1 Å². The zero-order chi connectivity index (χ0) is 29.7. The monoisotopic (exact) mass is 687 g/mol. The molecule has 5 rings (SSSR count). The van der Waals surface area contributed by atoms with Gasteiger partial charge in [0, 0.05) is 58.4 Å². The number of hydrogen-bond donors (Lipinski definition) is 0. The van der Waals surface area contributed by atoms with Crippen LogP contribution in [0.15, 0.2) is 58.9 Å². The van der Waals surface area contributed by atoms with Gasteiger partial charge >= 0.3 is 0 Å². The summed E-state index contributed by atoms with van der Waals surface area (Å²) in [4.78, 5) is 30.2. The van der Waals surface area contributed by atoms with E-state index in [0.717, 1.165) is 56.6 Å². The highest BCUT2D eigenvalue weighted by Crippen LogP contribution is 2.55. The minimum absolute atomic E-state index is 0.135. The fraction of sp³-hybridized carbons (Fsp3) is 0.471. The maximum atomic E-state index is 14.0. The number of ketones is 2. The van der Waals surface area contributed by atoms with Gasteiger partial charge in [-0.2, -0.15) is 0 Å². The number of Topliss-reactive ketones (excluding diaryl/α,β-unsaturated/α-hetero) is 2. The van der Waals surface area contributed by atoms with Crippen LogP contribution < -0.4 is 9.47 Å². The van der Waals surface area contributed by atoms with Crippen molar-refractivity contribution in [1.29, 1.82) is 0 Å². The molecule has 0 N–H and O–H groups in total. The molecule has 1 aliphatic heterocycles. The third-order valence-corrected chi connectivity index (χ3v) is 9.50. The SMILES string of the molecule is CCOc1cc(C2C3=C(CC(C)(C)CC3=O)N(CC)C3=C2C(=O)CC(C)(C)C3)cc(I)c1OCc1ccccc1Cl. The maximum absolute atomic E-state index is 14.0. The molecule has 0 unspecified atom stereocenters. The van der Waals surface area contributed by atoms with Gasteiger partial charge in [0.1, 0.15) is 6.61 Å². The van der Waals surface area contributed by atoms with Gasteiger partial charge in [-0.05, 0) is 83.9 Å². The Labute approximate surface area is 262 Å². The number of allylic oxidation sites excluding steroid dienone is 4. The Morgan fingerprint density at radius 1 is 0.902 bits per heavy atom. The minimum Gasteiger partial charge on any atom is -0.490 e. The van der Waals surface area contributed by atoms with Crippen LogP contribution in [0.4, 0.5) is 0 Å². The zero-order valence-electron chi connectivity index (χ0n) is 24.8. The first kappa shape index (κ1) is 30.1. The van der Waals surface area contributed by atoms with Crippen molar-refractivity contribution in [3.8, 4) is 11.5 Å². The molecule has 0 amide bonds. The molecule has 0 radical (unpaired) electrons. The first-order valence-corrected chi connectivity index (χ1v) is 15.9. The van der Waals surface area contributed by atoms with Crippen LogP contribution in [-0.4, -0.2) is 29.6 Å². The Morgan fingerprint density at radius 3 is 2.02 bits per heavy atom. The molecule has 3 aliphatic rings. The summed E-state index contributed by atoms with van der Waals surface area (Å²) in [5.74, 6) is 1.10. The molecule has 0 fully saturated rings. The standard InChI is InChI=1S/C34H39ClINO4/c1-7-37-24-15-33(3,4)17-26(38)30(24)29(31-25(37)16-34(5,6)18-27(31)39)21-13-23(36)32(28(14-21)40-8-2)41-19-20-11-9-10-12-22(20)35/h9-14,29H,7-8,15-19H2,1-6H3. The lowest BCUT2D eigenvalue weighted by molar-refractivity contribution is -0.119. The summed E-state index contributed by atoms with van der Waals surface area (Å²) in [6, 6.07) is 11.7. The fourth-order valence-corrected chi connectivity index (χ4v) is 7.66. The van der Waals surface area contributed by atoms with Crippen LogP contribution in [0.25, 0.3) is 0 Å². The van der Waals surface area contributed by atoms with Gasteiger partial charge < -0.3 is 14.4 Å². The van der Waals surface area contributed by atoms with Crippen molar-refractivity contribution in [2.75, 3.05) is 13.2 Å². The first-order valence-electron chi connectivity index (χ1n) is 14.5. The summed E-state index contributed by atoms with van der Waals surface area (Å²) in [5.41, 5.74) is 5.23. The van der Waals surface area contributed by atoms with E-state index in [1.165, 1.54) is 0 Å². The van der Waals surface area contributed by atoms with Gasteiger partial charge in [-0.15, -0.1) is 0 Å². The third kappa shape index (κ3) is 5.83. The average molecular weight is 688 g/mol. The largest absolute Gasteiger partial charge is 0.490 e. The first-order chi connectivity index (χ1) is 19.4. The second-order valence-electron chi connectivity index (χ2n) is 12.9. The van der Waals surface area contributed by atoms with Crippen molar-refractivity contribution in [2.45, 2.75) is 79.8 Å². The predicted octanol–water partition coefficient (Wildman–Crippen LogP) is 8.63. The number of carbonyl (C=O) groups is 2. The van der Waals surface area contributed by atoms with Crippen LogP contribution in [0.3, 0.4) is 0 Å². The van der Waals surface area contributed by atoms with E-state index in [1.807, 2.05) is 37.3 Å². The molecule has 1 heterocycles. The number of ether oxygens (including phenoxy) is 2. The lowest BCUT2D eigenvalue weighted by Crippen LogP contribution is -2.44. The number of carbonyl (C=O) groups excluding carboxylic acids is 2. The second kappa shape index (κ2) is 11.4. The Morgan fingerprint density at radius 2 is 1.49 bits per heavy atom. The molecule has 0 atom stereocenters. The molecular weight excluding hydrogens is 649 g/mol. The van der Waals surface area contributed by atoms with E-state index in [0.29, 0.717) is 42.6 Å². The third-order valence-electron chi connectivity index (χ3n) is 8.33. The molecule has 2 aromatic rings. The molecule has 2 aliphatic carbocycles. The number of benzene rings is 2. The van der Waals surface area contributed by atoms with E-state index in [1.54, 1.807) is 0 Å². The highest BCUT2D eigenvalue weighted by Gasteiger charge is 2.48. The van der Waals surface area contributed by atoms with Crippen molar-refractivity contribution in [1.82, 2.24) is 4.90 Å². The summed E-state index contributed by atoms with van der Waals surface area (Å²) >= 11 is 8.66. The molecule has 0 bridgehead atoms. The lowest BCUT2D eigenvalue weighted by Gasteiger charge is -2.49. The molecule has 0 spiro atoms. The fourth-order valence-electron chi connectivity index (χ4n) is 6.69. The van der Waals surface area contributed by atoms with Gasteiger partial charge in [0.05, 0.1) is 10.2 Å². The molecule has 7 heteroatoms. The Kier molecular flexibility index (Phi) is 8.38. The van der Waals surface area contributed by atoms with Crippen LogP contribution in [0.2, 0.25) is 5.02 Å². The van der Waals surface area contributed by atoms with Crippen molar-refractivity contribution < 1.29 is 19.1 Å². The summed E-state index contributed by atoms with van der Waals surface area (Å²) in [7, 11) is 0. The average Bonchev–Trinajstić information content (AvgIpc) is 2.86. The normalized spacial score (nSPS) is 20.2. The van der Waals surface area contributed by atoms with Gasteiger partial charge in [0.2, 0.25) is 0 Å². The number of rotatable bonds is 7. The van der Waals surface area contributed by atoms with Gasteiger partial charge in [0.25, 0.3) is 0 Å². The molecule has 0 saturated carbocycles. The Bertz CT molecular complexity index is 1420. The number of halogens is 2. The Balaban J connectivity index is 1.67. The summed E-state index contributed by atoms with van der Waals surface area (Å²) in [5, 5.41) is 0.649. The van der Waals surface area contributed by atoms with Crippen molar-refractivity contribution >= 4 is 45.8 Å². The molecule has 2 aromatic carbocycles. The van der Waals surface area contributed by atoms with Crippen LogP contribution in [0.1, 0.15) is 84.3 Å². The second-order valence-corrected chi connectivity index (χ2v) is 14.5. The van der Waals surface area contributed by atoms with E-state index in [2.05, 4.69) is 68.2 Å². The minimum atomic E-state index is -0.416. The van der Waals surface area contributed by atoms with Crippen LogP contribution in [-0.2, 0) is 16.2 Å². The van der Waals surface area contributed by atoms with E-state index >= 15 is 0 Å². The Hall–Kier alpha value is -2.32. The van der Waals surface area contributed by atoms with Crippen molar-refractivity contribution in [2.24, 2.45) is 10.8 Å². The van der Waals surface area contributed by atoms with E-state index < -0.39 is 5.92 Å². The van der Waals surface area contributed by atoms with E-state index in [9.17, 15) is 9.59 Å². The highest BCUT2D eigenvalue weighted by molar-refractivity contribution is 14.1. The van der Waals surface area contributed by atoms with Gasteiger partial charge in [-0.1, -0.05) is 57.5 Å². The highest BCUT2D eigenvalue weighted by atomic mass is 127. The summed E-state index contributed by atoms with van der Waals surface area (Å²) in [6.45, 7) is 14.2. The quantitative estimate of drug-likeness (QED) is 0.273. The van der Waals surface area contributed by atoms with E-state index in [-0.39, 0.29) is 22.4 Å². The smallest absolute Gasteiger partial charge is 0.174 e. The van der Waals surface area contributed by atoms with Crippen LogP contribution >= 0.6 is 34.2 Å². The zero-order valence-corrected chi connectivity index (χ0v) is 27.7. The van der Waals surface area contributed by atoms with Crippen molar-refractivity contribution in [3.05, 3.63) is 78.7 Å². The van der Waals surface area contributed by atoms with Crippen LogP contribution in [0, 0.1) is 14.4 Å². The molecule has 41 heavy (non-hydrogen) atoms. The lowest BCUT2D eigenvalue weighted by atomic mass is 9.63. The molecular formula is C34H39ClINO4. The molecule has 5 nitrogen and oxygen atoms in total. The molecule has 0 saturated heterocycles. The van der Waals surface area contributed by atoms with Gasteiger partial charge in [0.15, 0.2) is 23.1 Å². The molecule has 218 valence electrons. The van der Waals surface area contributed by atoms with Crippen LogP contribution in [0.5, 0.6) is 11.5 Å².